The van der Waals surface area contributed by atoms with Crippen LogP contribution in [-0.2, 0) is 0 Å². The van der Waals surface area contributed by atoms with Gasteiger partial charge in [0, 0.05) is 0 Å². The van der Waals surface area contributed by atoms with Crippen LogP contribution in [0.3, 0.4) is 0 Å². The molecule has 0 aliphatic heterocycles. The van der Waals surface area contributed by atoms with E-state index in [-0.39, 0.29) is 5.92 Å². The van der Waals surface area contributed by atoms with Crippen molar-refractivity contribution >= 4 is 0 Å². The molecule has 3 aliphatic rings. The Kier molecular flexibility index (Phi) is 2.00. The van der Waals surface area contributed by atoms with Gasteiger partial charge in [-0.05, 0) is 42.9 Å². The maximum Gasteiger partial charge on any atom is 0.0662 e. The molecular formula is C13H19N. The molecule has 3 aliphatic carbocycles. The summed E-state index contributed by atoms with van der Waals surface area (Å²) in [6.45, 7) is 10.9. The molecule has 1 nitrogen and oxygen atoms in total. The van der Waals surface area contributed by atoms with Gasteiger partial charge in [-0.1, -0.05) is 26.0 Å². The summed E-state index contributed by atoms with van der Waals surface area (Å²) in [7, 11) is 0. The second-order valence-corrected chi connectivity index (χ2v) is 5.70. The Morgan fingerprint density at radius 3 is 2.50 bits per heavy atom. The summed E-state index contributed by atoms with van der Waals surface area (Å²) in [5.41, 5.74) is 1.67. The van der Waals surface area contributed by atoms with Gasteiger partial charge < -0.3 is 0 Å². The van der Waals surface area contributed by atoms with E-state index in [2.05, 4.69) is 33.4 Å². The van der Waals surface area contributed by atoms with E-state index in [0.29, 0.717) is 17.3 Å². The molecule has 0 aromatic carbocycles. The van der Waals surface area contributed by atoms with Crippen molar-refractivity contribution in [2.75, 3.05) is 0 Å². The zero-order chi connectivity index (χ0) is 10.5. The first-order valence-corrected chi connectivity index (χ1v) is 5.53. The lowest BCUT2D eigenvalue weighted by atomic mass is 9.42. The molecule has 0 aromatic rings. The average Bonchev–Trinajstić information content (AvgIpc) is 2.16. The van der Waals surface area contributed by atoms with Crippen LogP contribution in [0.15, 0.2) is 12.2 Å². The first kappa shape index (κ1) is 9.77. The van der Waals surface area contributed by atoms with Crippen molar-refractivity contribution in [1.29, 1.82) is 5.26 Å². The molecule has 14 heavy (non-hydrogen) atoms. The van der Waals surface area contributed by atoms with Gasteiger partial charge in [0.2, 0.25) is 0 Å². The van der Waals surface area contributed by atoms with Crippen molar-refractivity contribution in [2.24, 2.45) is 29.1 Å². The summed E-state index contributed by atoms with van der Waals surface area (Å²) in [4.78, 5) is 0. The fraction of sp³-hybridized carbons (Fsp3) is 0.769. The molecule has 0 aromatic heterocycles. The molecule has 0 heterocycles. The van der Waals surface area contributed by atoms with Crippen LogP contribution in [0.4, 0.5) is 0 Å². The molecule has 0 radical (unpaired) electrons. The van der Waals surface area contributed by atoms with Crippen molar-refractivity contribution in [3.63, 3.8) is 0 Å². The van der Waals surface area contributed by atoms with Crippen LogP contribution in [0.2, 0.25) is 0 Å². The Hall–Kier alpha value is -0.770. The lowest BCUT2D eigenvalue weighted by Crippen LogP contribution is -2.55. The molecule has 0 amide bonds. The van der Waals surface area contributed by atoms with Gasteiger partial charge in [-0.25, -0.2) is 0 Å². The first-order chi connectivity index (χ1) is 6.48. The van der Waals surface area contributed by atoms with Crippen LogP contribution < -0.4 is 0 Å². The standard InChI is InChI=1S/C13H19N/c1-8(2)12-9(7-14)5-10-6-11(12)13(10,3)4/h9-12H,1,5-6H2,2-4H3. The molecule has 1 heteroatoms. The minimum absolute atomic E-state index is 0.240. The highest BCUT2D eigenvalue weighted by Crippen LogP contribution is 2.64. The maximum atomic E-state index is 9.13. The summed E-state index contributed by atoms with van der Waals surface area (Å²) in [5, 5.41) is 9.13. The van der Waals surface area contributed by atoms with E-state index in [1.807, 2.05) is 0 Å². The molecular weight excluding hydrogens is 170 g/mol. The van der Waals surface area contributed by atoms with Gasteiger partial charge in [-0.15, -0.1) is 0 Å². The highest BCUT2D eigenvalue weighted by molar-refractivity contribution is 5.18. The highest BCUT2D eigenvalue weighted by atomic mass is 14.6. The van der Waals surface area contributed by atoms with E-state index in [9.17, 15) is 0 Å². The minimum atomic E-state index is 0.240. The summed E-state index contributed by atoms with van der Waals surface area (Å²) in [6, 6.07) is 2.47. The summed E-state index contributed by atoms with van der Waals surface area (Å²) < 4.78 is 0. The molecule has 3 saturated carbocycles. The second kappa shape index (κ2) is 2.86. The van der Waals surface area contributed by atoms with E-state index in [0.717, 1.165) is 12.3 Å². The van der Waals surface area contributed by atoms with Gasteiger partial charge in [-0.3, -0.25) is 0 Å². The molecule has 4 unspecified atom stereocenters. The van der Waals surface area contributed by atoms with Gasteiger partial charge in [-0.2, -0.15) is 5.26 Å². The van der Waals surface area contributed by atoms with Crippen molar-refractivity contribution in [2.45, 2.75) is 33.6 Å². The smallest absolute Gasteiger partial charge is 0.0662 e. The lowest BCUT2D eigenvalue weighted by Gasteiger charge is -2.61. The van der Waals surface area contributed by atoms with Gasteiger partial charge in [0.05, 0.1) is 12.0 Å². The van der Waals surface area contributed by atoms with E-state index in [1.165, 1.54) is 12.0 Å². The van der Waals surface area contributed by atoms with Gasteiger partial charge in [0.1, 0.15) is 0 Å². The minimum Gasteiger partial charge on any atom is -0.198 e. The normalized spacial score (nSPS) is 43.6. The van der Waals surface area contributed by atoms with E-state index >= 15 is 0 Å². The zero-order valence-corrected chi connectivity index (χ0v) is 9.38. The van der Waals surface area contributed by atoms with Crippen LogP contribution in [0, 0.1) is 40.4 Å². The molecule has 0 spiro atoms. The van der Waals surface area contributed by atoms with Crippen LogP contribution in [0.25, 0.3) is 0 Å². The highest BCUT2D eigenvalue weighted by Gasteiger charge is 2.57. The Labute approximate surface area is 86.8 Å². The van der Waals surface area contributed by atoms with Crippen molar-refractivity contribution in [3.05, 3.63) is 12.2 Å². The van der Waals surface area contributed by atoms with Gasteiger partial charge >= 0.3 is 0 Å². The third-order valence-corrected chi connectivity index (χ3v) is 4.69. The van der Waals surface area contributed by atoms with Crippen LogP contribution in [-0.4, -0.2) is 0 Å². The molecule has 4 atom stereocenters. The molecule has 3 rings (SSSR count). The molecule has 0 N–H and O–H groups in total. The van der Waals surface area contributed by atoms with E-state index < -0.39 is 0 Å². The zero-order valence-electron chi connectivity index (χ0n) is 9.38. The Morgan fingerprint density at radius 2 is 2.07 bits per heavy atom. The van der Waals surface area contributed by atoms with Crippen molar-refractivity contribution in [3.8, 4) is 6.07 Å². The number of nitrogens with zero attached hydrogens (tertiary/aromatic N) is 1. The van der Waals surface area contributed by atoms with Crippen molar-refractivity contribution < 1.29 is 0 Å². The maximum absolute atomic E-state index is 9.13. The predicted molar refractivity (Wildman–Crippen MR) is 57.4 cm³/mol. The molecule has 0 saturated heterocycles. The predicted octanol–water partition coefficient (Wildman–Crippen LogP) is 3.38. The SMILES string of the molecule is C=C(C)C1C(C#N)CC2CC1C2(C)C. The topological polar surface area (TPSA) is 23.8 Å². The fourth-order valence-electron chi connectivity index (χ4n) is 3.62. The number of rotatable bonds is 1. The number of nitriles is 1. The first-order valence-electron chi connectivity index (χ1n) is 5.53. The van der Waals surface area contributed by atoms with Crippen molar-refractivity contribution in [1.82, 2.24) is 0 Å². The summed E-state index contributed by atoms with van der Waals surface area (Å²) in [6.07, 6.45) is 2.42. The molecule has 2 bridgehead atoms. The Bertz CT molecular complexity index is 308. The van der Waals surface area contributed by atoms with E-state index in [1.54, 1.807) is 0 Å². The third kappa shape index (κ3) is 1.06. The summed E-state index contributed by atoms with van der Waals surface area (Å²) in [5.74, 6) is 2.19. The van der Waals surface area contributed by atoms with Crippen LogP contribution in [0.5, 0.6) is 0 Å². The average molecular weight is 189 g/mol. The number of hydrogen-bond donors (Lipinski definition) is 0. The molecule has 3 fully saturated rings. The van der Waals surface area contributed by atoms with Gasteiger partial charge in [0.15, 0.2) is 0 Å². The van der Waals surface area contributed by atoms with Crippen LogP contribution in [0.1, 0.15) is 33.6 Å². The Morgan fingerprint density at radius 1 is 1.43 bits per heavy atom. The fourth-order valence-corrected chi connectivity index (χ4v) is 3.62. The lowest BCUT2D eigenvalue weighted by molar-refractivity contribution is -0.110. The number of fused-ring (bicyclic) bond motifs is 2. The molecule has 76 valence electrons. The summed E-state index contributed by atoms with van der Waals surface area (Å²) >= 11 is 0. The van der Waals surface area contributed by atoms with Gasteiger partial charge in [0.25, 0.3) is 0 Å². The monoisotopic (exact) mass is 189 g/mol. The quantitative estimate of drug-likeness (QED) is 0.580. The largest absolute Gasteiger partial charge is 0.198 e. The third-order valence-electron chi connectivity index (χ3n) is 4.69. The number of hydrogen-bond acceptors (Lipinski definition) is 1. The number of allylic oxidation sites excluding steroid dienone is 1. The second-order valence-electron chi connectivity index (χ2n) is 5.70. The Balaban J connectivity index is 2.27. The van der Waals surface area contributed by atoms with Crippen LogP contribution >= 0.6 is 0 Å². The van der Waals surface area contributed by atoms with E-state index in [4.69, 9.17) is 5.26 Å².